The average molecular weight is 185 g/mol. The molecule has 0 spiro atoms. The maximum Gasteiger partial charge on any atom is 0.124 e. The standard InChI is InChI=1S/C11H12BNO/c1-8(12)7-13-6-5-9-10(13)3-2-4-11(9)14/h2-6,8,14H,7H2,1H3/t8-/m1/s1. The van der Waals surface area contributed by atoms with Crippen molar-refractivity contribution in [3.8, 4) is 5.75 Å². The molecule has 0 amide bonds. The van der Waals surface area contributed by atoms with Gasteiger partial charge in [0.15, 0.2) is 0 Å². The molecular formula is C11H12BNO. The van der Waals surface area contributed by atoms with Crippen LogP contribution in [0.5, 0.6) is 5.75 Å². The van der Waals surface area contributed by atoms with Crippen molar-refractivity contribution in [2.45, 2.75) is 19.3 Å². The maximum absolute atomic E-state index is 9.57. The number of phenolic OH excluding ortho intramolecular Hbond substituents is 1. The zero-order chi connectivity index (χ0) is 10.1. The number of benzene rings is 1. The lowest BCUT2D eigenvalue weighted by atomic mass is 9.90. The summed E-state index contributed by atoms with van der Waals surface area (Å²) in [7, 11) is 5.73. The summed E-state index contributed by atoms with van der Waals surface area (Å²) in [5.41, 5.74) is 1.03. The highest BCUT2D eigenvalue weighted by Gasteiger charge is 2.04. The van der Waals surface area contributed by atoms with Crippen LogP contribution in [0.2, 0.25) is 5.82 Å². The van der Waals surface area contributed by atoms with Crippen molar-refractivity contribution in [2.24, 2.45) is 0 Å². The van der Waals surface area contributed by atoms with Gasteiger partial charge in [-0.1, -0.05) is 18.8 Å². The Kier molecular flexibility index (Phi) is 2.24. The molecule has 3 heteroatoms. The fraction of sp³-hybridized carbons (Fsp3) is 0.273. The van der Waals surface area contributed by atoms with Crippen LogP contribution in [-0.4, -0.2) is 17.5 Å². The summed E-state index contributed by atoms with van der Waals surface area (Å²) >= 11 is 0. The third kappa shape index (κ3) is 1.50. The number of phenols is 1. The molecule has 2 rings (SSSR count). The van der Waals surface area contributed by atoms with Crippen molar-refractivity contribution in [3.63, 3.8) is 0 Å². The Morgan fingerprint density at radius 1 is 1.43 bits per heavy atom. The van der Waals surface area contributed by atoms with Crippen LogP contribution >= 0.6 is 0 Å². The van der Waals surface area contributed by atoms with E-state index in [0.29, 0.717) is 5.75 Å². The molecule has 0 saturated heterocycles. The first-order valence-corrected chi connectivity index (χ1v) is 4.71. The fourth-order valence-corrected chi connectivity index (χ4v) is 1.68. The molecule has 0 fully saturated rings. The molecule has 2 radical (unpaired) electrons. The van der Waals surface area contributed by atoms with Crippen LogP contribution in [0.15, 0.2) is 30.5 Å². The third-order valence-corrected chi connectivity index (χ3v) is 2.28. The molecule has 0 aliphatic rings. The molecule has 0 aliphatic heterocycles. The van der Waals surface area contributed by atoms with Crippen LogP contribution in [0.1, 0.15) is 6.92 Å². The Morgan fingerprint density at radius 2 is 2.21 bits per heavy atom. The van der Waals surface area contributed by atoms with Crippen LogP contribution in [-0.2, 0) is 6.54 Å². The summed E-state index contributed by atoms with van der Waals surface area (Å²) in [4.78, 5) is 0. The van der Waals surface area contributed by atoms with E-state index in [1.54, 1.807) is 6.07 Å². The van der Waals surface area contributed by atoms with Gasteiger partial charge in [-0.25, -0.2) is 0 Å². The highest BCUT2D eigenvalue weighted by Crippen LogP contribution is 2.25. The van der Waals surface area contributed by atoms with E-state index in [9.17, 15) is 5.11 Å². The summed E-state index contributed by atoms with van der Waals surface area (Å²) < 4.78 is 2.06. The smallest absolute Gasteiger partial charge is 0.124 e. The predicted octanol–water partition coefficient (Wildman–Crippen LogP) is 2.32. The summed E-state index contributed by atoms with van der Waals surface area (Å²) in [5.74, 6) is 0.443. The molecular weight excluding hydrogens is 173 g/mol. The van der Waals surface area contributed by atoms with E-state index in [0.717, 1.165) is 17.4 Å². The van der Waals surface area contributed by atoms with E-state index >= 15 is 0 Å². The molecule has 1 aromatic carbocycles. The number of aromatic nitrogens is 1. The summed E-state index contributed by atoms with van der Waals surface area (Å²) in [6.45, 7) is 2.74. The van der Waals surface area contributed by atoms with Crippen molar-refractivity contribution in [1.82, 2.24) is 4.57 Å². The lowest BCUT2D eigenvalue weighted by Crippen LogP contribution is -2.00. The Bertz CT molecular complexity index is 447. The molecule has 0 aliphatic carbocycles. The van der Waals surface area contributed by atoms with Gasteiger partial charge in [0, 0.05) is 18.1 Å². The van der Waals surface area contributed by atoms with E-state index in [1.807, 2.05) is 31.3 Å². The van der Waals surface area contributed by atoms with Gasteiger partial charge >= 0.3 is 0 Å². The van der Waals surface area contributed by atoms with Gasteiger partial charge in [0.05, 0.1) is 13.4 Å². The van der Waals surface area contributed by atoms with Crippen LogP contribution in [0.3, 0.4) is 0 Å². The fourth-order valence-electron chi connectivity index (χ4n) is 1.68. The van der Waals surface area contributed by atoms with Gasteiger partial charge in [0.25, 0.3) is 0 Å². The number of hydrogen-bond acceptors (Lipinski definition) is 1. The van der Waals surface area contributed by atoms with Gasteiger partial charge in [0.2, 0.25) is 0 Å². The molecule has 1 atom stereocenters. The highest BCUT2D eigenvalue weighted by molar-refractivity contribution is 6.11. The number of hydrogen-bond donors (Lipinski definition) is 1. The maximum atomic E-state index is 9.57. The second-order valence-corrected chi connectivity index (χ2v) is 3.66. The number of aromatic hydroxyl groups is 1. The summed E-state index contributed by atoms with van der Waals surface area (Å²) in [5, 5.41) is 10.5. The van der Waals surface area contributed by atoms with Gasteiger partial charge in [0.1, 0.15) is 5.75 Å². The molecule has 2 nitrogen and oxygen atoms in total. The van der Waals surface area contributed by atoms with Gasteiger partial charge in [-0.2, -0.15) is 0 Å². The van der Waals surface area contributed by atoms with Gasteiger partial charge in [-0.15, -0.1) is 0 Å². The Labute approximate surface area is 84.6 Å². The van der Waals surface area contributed by atoms with Crippen molar-refractivity contribution >= 4 is 18.7 Å². The molecule has 70 valence electrons. The van der Waals surface area contributed by atoms with E-state index in [4.69, 9.17) is 7.85 Å². The Balaban J connectivity index is 2.52. The first kappa shape index (κ1) is 9.19. The lowest BCUT2D eigenvalue weighted by molar-refractivity contribution is 0.481. The van der Waals surface area contributed by atoms with Gasteiger partial charge in [-0.05, 0) is 18.2 Å². The molecule has 1 heterocycles. The van der Waals surface area contributed by atoms with Crippen molar-refractivity contribution in [2.75, 3.05) is 0 Å². The molecule has 14 heavy (non-hydrogen) atoms. The summed E-state index contributed by atoms with van der Waals surface area (Å²) in [6, 6.07) is 7.43. The lowest BCUT2D eigenvalue weighted by Gasteiger charge is -2.08. The quantitative estimate of drug-likeness (QED) is 0.713. The molecule has 0 unspecified atom stereocenters. The Hall–Kier alpha value is -1.38. The van der Waals surface area contributed by atoms with Crippen LogP contribution in [0, 0.1) is 0 Å². The highest BCUT2D eigenvalue weighted by atomic mass is 16.3. The third-order valence-electron chi connectivity index (χ3n) is 2.28. The van der Waals surface area contributed by atoms with Crippen LogP contribution < -0.4 is 0 Å². The van der Waals surface area contributed by atoms with Gasteiger partial charge < -0.3 is 9.67 Å². The van der Waals surface area contributed by atoms with Crippen molar-refractivity contribution in [3.05, 3.63) is 30.5 Å². The monoisotopic (exact) mass is 185 g/mol. The van der Waals surface area contributed by atoms with E-state index in [1.165, 1.54) is 0 Å². The largest absolute Gasteiger partial charge is 0.507 e. The number of fused-ring (bicyclic) bond motifs is 1. The topological polar surface area (TPSA) is 25.2 Å². The van der Waals surface area contributed by atoms with Crippen molar-refractivity contribution < 1.29 is 5.11 Å². The normalized spacial score (nSPS) is 13.2. The predicted molar refractivity (Wildman–Crippen MR) is 58.8 cm³/mol. The second kappa shape index (κ2) is 3.41. The van der Waals surface area contributed by atoms with E-state index < -0.39 is 0 Å². The molecule has 0 bridgehead atoms. The average Bonchev–Trinajstić information content (AvgIpc) is 2.49. The molecule has 0 saturated carbocycles. The van der Waals surface area contributed by atoms with Crippen LogP contribution in [0.25, 0.3) is 10.9 Å². The zero-order valence-electron chi connectivity index (χ0n) is 8.14. The minimum atomic E-state index is 0.118. The minimum absolute atomic E-state index is 0.118. The second-order valence-electron chi connectivity index (χ2n) is 3.66. The minimum Gasteiger partial charge on any atom is -0.507 e. The number of rotatable bonds is 2. The molecule has 2 aromatic rings. The Morgan fingerprint density at radius 3 is 2.93 bits per heavy atom. The first-order valence-electron chi connectivity index (χ1n) is 4.71. The van der Waals surface area contributed by atoms with E-state index in [2.05, 4.69) is 4.57 Å². The zero-order valence-corrected chi connectivity index (χ0v) is 8.14. The molecule has 1 aromatic heterocycles. The first-order chi connectivity index (χ1) is 6.68. The van der Waals surface area contributed by atoms with E-state index in [-0.39, 0.29) is 5.82 Å². The van der Waals surface area contributed by atoms with Crippen LogP contribution in [0.4, 0.5) is 0 Å². The van der Waals surface area contributed by atoms with Gasteiger partial charge in [-0.3, -0.25) is 0 Å². The van der Waals surface area contributed by atoms with Crippen molar-refractivity contribution in [1.29, 1.82) is 0 Å². The summed E-state index contributed by atoms with van der Waals surface area (Å²) in [6.07, 6.45) is 1.95. The SMILES string of the molecule is [B][C@H](C)Cn1ccc2c(O)cccc21. The number of nitrogens with zero attached hydrogens (tertiary/aromatic N) is 1. The molecule has 1 N–H and O–H groups in total.